The van der Waals surface area contributed by atoms with Crippen molar-refractivity contribution in [1.29, 1.82) is 0 Å². The van der Waals surface area contributed by atoms with Gasteiger partial charge < -0.3 is 19.7 Å². The zero-order valence-corrected chi connectivity index (χ0v) is 14.8. The highest BCUT2D eigenvalue weighted by molar-refractivity contribution is 7.86. The Morgan fingerprint density at radius 2 is 1.96 bits per heavy atom. The van der Waals surface area contributed by atoms with Crippen molar-refractivity contribution < 1.29 is 32.0 Å². The standard InChI is InChI=1S/C15H19N3O7S/c1-10(19)16-8-13-9-18(14(20)25-13)12-4-2-11(3-5-12)17-6-7-24-15(17)26(21,22)23/h2-5,13,15H,6-9H2,1H3,(H,16,19)(H,21,22,23)/t13-,15?/m0/s1. The van der Waals surface area contributed by atoms with E-state index in [-0.39, 0.29) is 19.1 Å². The van der Waals surface area contributed by atoms with E-state index in [0.717, 1.165) is 0 Å². The van der Waals surface area contributed by atoms with E-state index in [1.54, 1.807) is 24.3 Å². The number of benzene rings is 1. The van der Waals surface area contributed by atoms with Crippen molar-refractivity contribution in [2.24, 2.45) is 0 Å². The molecule has 0 aromatic heterocycles. The summed E-state index contributed by atoms with van der Waals surface area (Å²) in [6, 6.07) is 6.57. The van der Waals surface area contributed by atoms with Crippen LogP contribution >= 0.6 is 0 Å². The fourth-order valence-electron chi connectivity index (χ4n) is 2.87. The van der Waals surface area contributed by atoms with Crippen molar-refractivity contribution in [3.8, 4) is 0 Å². The van der Waals surface area contributed by atoms with Crippen LogP contribution in [0.1, 0.15) is 6.92 Å². The molecule has 2 aliphatic heterocycles. The SMILES string of the molecule is CC(=O)NC[C@H]1CN(c2ccc(N3CCOC3S(=O)(=O)O)cc2)C(=O)O1. The first kappa shape index (κ1) is 18.4. The van der Waals surface area contributed by atoms with Crippen LogP contribution < -0.4 is 15.1 Å². The van der Waals surface area contributed by atoms with Crippen LogP contribution in [0.3, 0.4) is 0 Å². The lowest BCUT2D eigenvalue weighted by molar-refractivity contribution is -0.119. The van der Waals surface area contributed by atoms with Crippen molar-refractivity contribution in [2.45, 2.75) is 18.6 Å². The molecule has 2 amide bonds. The average molecular weight is 385 g/mol. The third-order valence-corrected chi connectivity index (χ3v) is 4.95. The lowest BCUT2D eigenvalue weighted by Gasteiger charge is -2.23. The van der Waals surface area contributed by atoms with Crippen LogP contribution in [0.4, 0.5) is 16.2 Å². The quantitative estimate of drug-likeness (QED) is 0.687. The molecular formula is C15H19N3O7S. The number of anilines is 2. The minimum atomic E-state index is -4.37. The normalized spacial score (nSPS) is 23.2. The minimum absolute atomic E-state index is 0.176. The second kappa shape index (κ2) is 7.09. The van der Waals surface area contributed by atoms with Gasteiger partial charge >= 0.3 is 16.2 Å². The van der Waals surface area contributed by atoms with Crippen molar-refractivity contribution in [3.05, 3.63) is 24.3 Å². The van der Waals surface area contributed by atoms with Crippen LogP contribution in [0.5, 0.6) is 0 Å². The largest absolute Gasteiger partial charge is 0.442 e. The van der Waals surface area contributed by atoms with Gasteiger partial charge in [-0.15, -0.1) is 0 Å². The predicted octanol–water partition coefficient (Wildman–Crippen LogP) is 0.156. The van der Waals surface area contributed by atoms with Gasteiger partial charge in [0.05, 0.1) is 19.7 Å². The van der Waals surface area contributed by atoms with Crippen molar-refractivity contribution in [3.63, 3.8) is 0 Å². The molecule has 0 radical (unpaired) electrons. The molecule has 2 N–H and O–H groups in total. The lowest BCUT2D eigenvalue weighted by atomic mass is 10.2. The summed E-state index contributed by atoms with van der Waals surface area (Å²) in [7, 11) is -4.37. The van der Waals surface area contributed by atoms with Gasteiger partial charge in [-0.1, -0.05) is 0 Å². The van der Waals surface area contributed by atoms with Gasteiger partial charge in [-0.25, -0.2) is 4.79 Å². The summed E-state index contributed by atoms with van der Waals surface area (Å²) >= 11 is 0. The second-order valence-corrected chi connectivity index (χ2v) is 7.39. The number of nitrogens with one attached hydrogen (secondary N) is 1. The number of carbonyl (C=O) groups is 2. The van der Waals surface area contributed by atoms with E-state index in [9.17, 15) is 22.6 Å². The Balaban J connectivity index is 1.70. The molecule has 142 valence electrons. The topological polar surface area (TPSA) is 125 Å². The molecule has 0 saturated carbocycles. The van der Waals surface area contributed by atoms with Crippen molar-refractivity contribution >= 4 is 33.5 Å². The van der Waals surface area contributed by atoms with Gasteiger partial charge in [0, 0.05) is 24.8 Å². The maximum Gasteiger partial charge on any atom is 0.414 e. The molecule has 2 heterocycles. The maximum absolute atomic E-state index is 12.0. The Hall–Kier alpha value is -2.37. The molecule has 3 rings (SSSR count). The number of cyclic esters (lactones) is 1. The summed E-state index contributed by atoms with van der Waals surface area (Å²) in [6.07, 6.45) is -0.963. The Morgan fingerprint density at radius 1 is 1.31 bits per heavy atom. The summed E-state index contributed by atoms with van der Waals surface area (Å²) in [5.74, 6) is -0.204. The molecule has 0 bridgehead atoms. The second-order valence-electron chi connectivity index (χ2n) is 5.96. The summed E-state index contributed by atoms with van der Waals surface area (Å²) in [5, 5.41) is 2.60. The lowest BCUT2D eigenvalue weighted by Crippen LogP contribution is -2.36. The van der Waals surface area contributed by atoms with E-state index in [1.165, 1.54) is 16.7 Å². The smallest absolute Gasteiger partial charge is 0.414 e. The first-order chi connectivity index (χ1) is 12.3. The number of amides is 2. The Morgan fingerprint density at radius 3 is 2.58 bits per heavy atom. The molecule has 1 aromatic carbocycles. The van der Waals surface area contributed by atoms with E-state index in [1.807, 2.05) is 0 Å². The number of rotatable bonds is 5. The fourth-order valence-corrected chi connectivity index (χ4v) is 3.68. The van der Waals surface area contributed by atoms with E-state index in [4.69, 9.17) is 9.47 Å². The van der Waals surface area contributed by atoms with E-state index in [0.29, 0.717) is 24.5 Å². The first-order valence-corrected chi connectivity index (χ1v) is 9.43. The third-order valence-electron chi connectivity index (χ3n) is 4.05. The molecule has 2 aliphatic rings. The number of hydrogen-bond donors (Lipinski definition) is 2. The van der Waals surface area contributed by atoms with Crippen molar-refractivity contribution in [1.82, 2.24) is 5.32 Å². The van der Waals surface area contributed by atoms with Crippen LogP contribution in [0, 0.1) is 0 Å². The summed E-state index contributed by atoms with van der Waals surface area (Å²) in [6.45, 7) is 2.40. The molecule has 26 heavy (non-hydrogen) atoms. The first-order valence-electron chi connectivity index (χ1n) is 7.93. The molecule has 2 atom stereocenters. The highest BCUT2D eigenvalue weighted by Gasteiger charge is 2.36. The van der Waals surface area contributed by atoms with Crippen LogP contribution in [0.2, 0.25) is 0 Å². The molecule has 2 fully saturated rings. The third kappa shape index (κ3) is 3.89. The van der Waals surface area contributed by atoms with Gasteiger partial charge in [0.1, 0.15) is 6.10 Å². The Bertz CT molecular complexity index is 796. The molecule has 0 spiro atoms. The number of ether oxygens (including phenoxy) is 2. The highest BCUT2D eigenvalue weighted by Crippen LogP contribution is 2.28. The summed E-state index contributed by atoms with van der Waals surface area (Å²) < 4.78 is 42.2. The van der Waals surface area contributed by atoms with Gasteiger partial charge in [-0.2, -0.15) is 8.42 Å². The molecule has 2 saturated heterocycles. The Labute approximate surface area is 150 Å². The molecule has 10 nitrogen and oxygen atoms in total. The van der Waals surface area contributed by atoms with E-state index in [2.05, 4.69) is 5.32 Å². The van der Waals surface area contributed by atoms with E-state index < -0.39 is 27.9 Å². The predicted molar refractivity (Wildman–Crippen MR) is 91.4 cm³/mol. The fraction of sp³-hybridized carbons (Fsp3) is 0.467. The zero-order valence-electron chi connectivity index (χ0n) is 14.0. The maximum atomic E-state index is 12.0. The van der Waals surface area contributed by atoms with E-state index >= 15 is 0 Å². The van der Waals surface area contributed by atoms with Crippen LogP contribution in [-0.2, 0) is 24.4 Å². The summed E-state index contributed by atoms with van der Waals surface area (Å²) in [5.41, 5.74) is -0.323. The molecule has 11 heteroatoms. The number of hydrogen-bond acceptors (Lipinski definition) is 7. The monoisotopic (exact) mass is 385 g/mol. The van der Waals surface area contributed by atoms with Crippen molar-refractivity contribution in [2.75, 3.05) is 36.0 Å². The van der Waals surface area contributed by atoms with Gasteiger partial charge in [0.2, 0.25) is 5.91 Å². The molecular weight excluding hydrogens is 366 g/mol. The molecule has 1 aromatic rings. The van der Waals surface area contributed by atoms with Gasteiger partial charge in [-0.3, -0.25) is 14.2 Å². The molecule has 1 unspecified atom stereocenters. The zero-order chi connectivity index (χ0) is 18.9. The Kier molecular flexibility index (Phi) is 5.03. The molecule has 0 aliphatic carbocycles. The van der Waals surface area contributed by atoms with Gasteiger partial charge in [0.25, 0.3) is 5.56 Å². The summed E-state index contributed by atoms with van der Waals surface area (Å²) in [4.78, 5) is 25.8. The average Bonchev–Trinajstić information content (AvgIpc) is 3.19. The van der Waals surface area contributed by atoms with Crippen LogP contribution in [0.25, 0.3) is 0 Å². The van der Waals surface area contributed by atoms with Crippen LogP contribution in [-0.4, -0.2) is 62.9 Å². The van der Waals surface area contributed by atoms with Gasteiger partial charge in [0.15, 0.2) is 0 Å². The highest BCUT2D eigenvalue weighted by atomic mass is 32.2. The van der Waals surface area contributed by atoms with Crippen LogP contribution in [0.15, 0.2) is 24.3 Å². The minimum Gasteiger partial charge on any atom is -0.442 e. The number of carbonyl (C=O) groups excluding carboxylic acids is 2. The van der Waals surface area contributed by atoms with Gasteiger partial charge in [-0.05, 0) is 24.3 Å². The number of nitrogens with zero attached hydrogens (tertiary/aromatic N) is 2.